The average molecular weight is 495 g/mol. The van der Waals surface area contributed by atoms with E-state index in [0.717, 1.165) is 26.2 Å². The normalized spacial score (nSPS) is 18.4. The molecule has 2 N–H and O–H groups in total. The lowest BCUT2D eigenvalue weighted by molar-refractivity contribution is -0.139. The van der Waals surface area contributed by atoms with Crippen molar-refractivity contribution in [2.45, 2.75) is 19.9 Å². The fraction of sp³-hybridized carbons (Fsp3) is 0.407. The molecule has 2 aliphatic rings. The van der Waals surface area contributed by atoms with Crippen molar-refractivity contribution in [1.29, 1.82) is 0 Å². The van der Waals surface area contributed by atoms with E-state index in [0.29, 0.717) is 41.5 Å². The third-order valence-corrected chi connectivity index (χ3v) is 6.35. The van der Waals surface area contributed by atoms with Gasteiger partial charge in [0.25, 0.3) is 0 Å². The van der Waals surface area contributed by atoms with E-state index in [1.54, 1.807) is 26.2 Å². The first-order valence-electron chi connectivity index (χ1n) is 12.3. The van der Waals surface area contributed by atoms with E-state index >= 15 is 0 Å². The molecule has 9 heteroatoms. The molecule has 1 unspecified atom stereocenters. The van der Waals surface area contributed by atoms with Crippen LogP contribution in [0.1, 0.15) is 25.5 Å². The standard InChI is InChI=1S/C27H34N4O5/c1-4-35-22-12-11-19(17-23(22)34-3)25-24(26(32)36-5-2)21(28-27(33)29-25)18-30-13-15-31(16-14-30)20-9-7-6-8-10-20/h6-12,17,25H,4-5,13-16,18H2,1-3H3,(H2,28,29,33). The Morgan fingerprint density at radius 3 is 2.42 bits per heavy atom. The number of nitrogens with zero attached hydrogens (tertiary/aromatic N) is 2. The summed E-state index contributed by atoms with van der Waals surface area (Å²) in [5.74, 6) is 0.673. The second-order valence-electron chi connectivity index (χ2n) is 8.59. The first-order chi connectivity index (χ1) is 17.5. The molecule has 0 aromatic heterocycles. The lowest BCUT2D eigenvalue weighted by atomic mass is 9.94. The predicted octanol–water partition coefficient (Wildman–Crippen LogP) is 3.09. The van der Waals surface area contributed by atoms with Gasteiger partial charge in [0.1, 0.15) is 0 Å². The molecule has 1 fully saturated rings. The van der Waals surface area contributed by atoms with Gasteiger partial charge in [-0.3, -0.25) is 4.90 Å². The number of carbonyl (C=O) groups is 2. The highest BCUT2D eigenvalue weighted by molar-refractivity contribution is 5.95. The topological polar surface area (TPSA) is 92.4 Å². The molecule has 2 aromatic rings. The molecule has 0 saturated carbocycles. The maximum absolute atomic E-state index is 13.1. The minimum Gasteiger partial charge on any atom is -0.493 e. The molecule has 9 nitrogen and oxygen atoms in total. The van der Waals surface area contributed by atoms with Gasteiger partial charge >= 0.3 is 12.0 Å². The van der Waals surface area contributed by atoms with Crippen LogP contribution in [0.2, 0.25) is 0 Å². The Bertz CT molecular complexity index is 1100. The minimum atomic E-state index is -0.678. The summed E-state index contributed by atoms with van der Waals surface area (Å²) in [6.45, 7) is 8.16. The Kier molecular flexibility index (Phi) is 8.32. The fourth-order valence-electron chi connectivity index (χ4n) is 4.61. The van der Waals surface area contributed by atoms with Gasteiger partial charge in [0, 0.05) is 44.1 Å². The highest BCUT2D eigenvalue weighted by atomic mass is 16.5. The molecule has 2 amide bonds. The van der Waals surface area contributed by atoms with E-state index in [1.165, 1.54) is 5.69 Å². The maximum Gasteiger partial charge on any atom is 0.338 e. The highest BCUT2D eigenvalue weighted by Gasteiger charge is 2.35. The van der Waals surface area contributed by atoms with Crippen molar-refractivity contribution >= 4 is 17.7 Å². The first-order valence-corrected chi connectivity index (χ1v) is 12.3. The van der Waals surface area contributed by atoms with E-state index in [1.807, 2.05) is 31.2 Å². The lowest BCUT2D eigenvalue weighted by Gasteiger charge is -2.38. The third kappa shape index (κ3) is 5.73. The van der Waals surface area contributed by atoms with Gasteiger partial charge in [-0.1, -0.05) is 24.3 Å². The molecule has 2 aliphatic heterocycles. The first kappa shape index (κ1) is 25.4. The number of amides is 2. The molecule has 2 aromatic carbocycles. The summed E-state index contributed by atoms with van der Waals surface area (Å²) < 4.78 is 16.5. The van der Waals surface area contributed by atoms with Crippen LogP contribution in [0.25, 0.3) is 0 Å². The summed E-state index contributed by atoms with van der Waals surface area (Å²) >= 11 is 0. The quantitative estimate of drug-likeness (QED) is 0.518. The summed E-state index contributed by atoms with van der Waals surface area (Å²) in [6, 6.07) is 14.7. The molecule has 0 radical (unpaired) electrons. The summed E-state index contributed by atoms with van der Waals surface area (Å²) in [5.41, 5.74) is 2.86. The van der Waals surface area contributed by atoms with Crippen molar-refractivity contribution in [2.75, 3.05) is 57.9 Å². The number of rotatable bonds is 9. The van der Waals surface area contributed by atoms with Crippen LogP contribution < -0.4 is 25.0 Å². The molecule has 1 saturated heterocycles. The van der Waals surface area contributed by atoms with E-state index in [-0.39, 0.29) is 12.6 Å². The van der Waals surface area contributed by atoms with Crippen molar-refractivity contribution in [2.24, 2.45) is 0 Å². The van der Waals surface area contributed by atoms with Crippen LogP contribution in [0.15, 0.2) is 59.8 Å². The van der Waals surface area contributed by atoms with Crippen LogP contribution in [-0.4, -0.2) is 69.9 Å². The third-order valence-electron chi connectivity index (χ3n) is 6.35. The number of benzene rings is 2. The Balaban J connectivity index is 1.60. The summed E-state index contributed by atoms with van der Waals surface area (Å²) in [7, 11) is 1.56. The fourth-order valence-corrected chi connectivity index (χ4v) is 4.61. The van der Waals surface area contributed by atoms with E-state index in [9.17, 15) is 9.59 Å². The molecule has 0 bridgehead atoms. The lowest BCUT2D eigenvalue weighted by Crippen LogP contribution is -2.51. The van der Waals surface area contributed by atoms with Crippen molar-refractivity contribution < 1.29 is 23.8 Å². The number of piperazine rings is 1. The van der Waals surface area contributed by atoms with Crippen molar-refractivity contribution in [3.8, 4) is 11.5 Å². The largest absolute Gasteiger partial charge is 0.493 e. The van der Waals surface area contributed by atoms with Crippen LogP contribution in [0, 0.1) is 0 Å². The number of hydrogen-bond acceptors (Lipinski definition) is 7. The zero-order valence-electron chi connectivity index (χ0n) is 21.1. The second-order valence-corrected chi connectivity index (χ2v) is 8.59. The SMILES string of the molecule is CCOC(=O)C1=C(CN2CCN(c3ccccc3)CC2)NC(=O)NC1c1ccc(OCC)c(OC)c1. The van der Waals surface area contributed by atoms with Gasteiger partial charge in [-0.05, 0) is 43.7 Å². The number of esters is 1. The second kappa shape index (κ2) is 11.8. The number of carbonyl (C=O) groups excluding carboxylic acids is 2. The number of methoxy groups -OCH3 is 1. The molecular formula is C27H34N4O5. The summed E-state index contributed by atoms with van der Waals surface area (Å²) in [6.07, 6.45) is 0. The van der Waals surface area contributed by atoms with Gasteiger partial charge in [0.05, 0.1) is 31.9 Å². The summed E-state index contributed by atoms with van der Waals surface area (Å²) in [4.78, 5) is 30.4. The Morgan fingerprint density at radius 2 is 1.75 bits per heavy atom. The number of nitrogens with one attached hydrogen (secondary N) is 2. The highest BCUT2D eigenvalue weighted by Crippen LogP contribution is 2.35. The van der Waals surface area contributed by atoms with Crippen LogP contribution in [0.5, 0.6) is 11.5 Å². The molecule has 192 valence electrons. The Labute approximate surface area is 212 Å². The number of hydrogen-bond donors (Lipinski definition) is 2. The monoisotopic (exact) mass is 494 g/mol. The zero-order chi connectivity index (χ0) is 25.5. The average Bonchev–Trinajstić information content (AvgIpc) is 2.90. The molecule has 0 aliphatic carbocycles. The number of ether oxygens (including phenoxy) is 3. The van der Waals surface area contributed by atoms with Crippen LogP contribution in [-0.2, 0) is 9.53 Å². The van der Waals surface area contributed by atoms with Crippen LogP contribution in [0.4, 0.5) is 10.5 Å². The Morgan fingerprint density at radius 1 is 1.00 bits per heavy atom. The molecule has 0 spiro atoms. The zero-order valence-corrected chi connectivity index (χ0v) is 21.1. The van der Waals surface area contributed by atoms with Gasteiger partial charge < -0.3 is 29.7 Å². The number of urea groups is 1. The van der Waals surface area contributed by atoms with Gasteiger partial charge in [0.15, 0.2) is 11.5 Å². The minimum absolute atomic E-state index is 0.235. The molecule has 1 atom stereocenters. The van der Waals surface area contributed by atoms with Gasteiger partial charge in [0.2, 0.25) is 0 Å². The molecule has 2 heterocycles. The van der Waals surface area contributed by atoms with Crippen LogP contribution in [0.3, 0.4) is 0 Å². The van der Waals surface area contributed by atoms with E-state index in [4.69, 9.17) is 14.2 Å². The maximum atomic E-state index is 13.1. The molecule has 36 heavy (non-hydrogen) atoms. The predicted molar refractivity (Wildman–Crippen MR) is 137 cm³/mol. The molecule has 4 rings (SSSR count). The smallest absolute Gasteiger partial charge is 0.338 e. The number of anilines is 1. The van der Waals surface area contributed by atoms with Crippen molar-refractivity contribution in [3.05, 3.63) is 65.4 Å². The van der Waals surface area contributed by atoms with Crippen LogP contribution >= 0.6 is 0 Å². The molecular weight excluding hydrogens is 460 g/mol. The van der Waals surface area contributed by atoms with Gasteiger partial charge in [-0.2, -0.15) is 0 Å². The number of para-hydroxylation sites is 1. The van der Waals surface area contributed by atoms with E-state index < -0.39 is 12.0 Å². The van der Waals surface area contributed by atoms with Gasteiger partial charge in [-0.25, -0.2) is 9.59 Å². The summed E-state index contributed by atoms with van der Waals surface area (Å²) in [5, 5.41) is 5.76. The van der Waals surface area contributed by atoms with Crippen molar-refractivity contribution in [1.82, 2.24) is 15.5 Å². The van der Waals surface area contributed by atoms with Gasteiger partial charge in [-0.15, -0.1) is 0 Å². The van der Waals surface area contributed by atoms with Crippen molar-refractivity contribution in [3.63, 3.8) is 0 Å². The Hall–Kier alpha value is -3.72. The van der Waals surface area contributed by atoms with E-state index in [2.05, 4.69) is 32.6 Å².